The number of methoxy groups -OCH3 is 1. The largest absolute Gasteiger partial charge is 0.497 e. The van der Waals surface area contributed by atoms with Crippen molar-refractivity contribution < 1.29 is 18.7 Å². The lowest BCUT2D eigenvalue weighted by Crippen LogP contribution is -2.07. The summed E-state index contributed by atoms with van der Waals surface area (Å²) >= 11 is 5.86. The summed E-state index contributed by atoms with van der Waals surface area (Å²) in [5, 5.41) is 9.28. The van der Waals surface area contributed by atoms with Crippen LogP contribution in [0, 0.1) is 17.1 Å². The Balaban J connectivity index is 2.08. The van der Waals surface area contributed by atoms with E-state index in [2.05, 4.69) is 0 Å². The quantitative estimate of drug-likeness (QED) is 0.464. The van der Waals surface area contributed by atoms with Crippen molar-refractivity contribution in [2.75, 3.05) is 7.11 Å². The third-order valence-corrected chi connectivity index (χ3v) is 3.49. The normalized spacial score (nSPS) is 10.8. The number of nitriles is 1. The molecule has 2 rings (SSSR count). The van der Waals surface area contributed by atoms with Crippen molar-refractivity contribution in [2.24, 2.45) is 0 Å². The van der Waals surface area contributed by atoms with Crippen LogP contribution in [0.5, 0.6) is 5.75 Å². The van der Waals surface area contributed by atoms with Gasteiger partial charge < -0.3 is 9.47 Å². The van der Waals surface area contributed by atoms with Gasteiger partial charge in [0.15, 0.2) is 0 Å². The highest BCUT2D eigenvalue weighted by molar-refractivity contribution is 6.31. The number of carbonyl (C=O) groups excluding carboxylic acids is 1. The van der Waals surface area contributed by atoms with E-state index in [0.29, 0.717) is 16.9 Å². The van der Waals surface area contributed by atoms with Gasteiger partial charge in [-0.25, -0.2) is 9.18 Å². The molecule has 4 nitrogen and oxygen atoms in total. The van der Waals surface area contributed by atoms with E-state index >= 15 is 0 Å². The minimum absolute atomic E-state index is 0.153. The summed E-state index contributed by atoms with van der Waals surface area (Å²) < 4.78 is 23.1. The fourth-order valence-corrected chi connectivity index (χ4v) is 2.09. The van der Waals surface area contributed by atoms with E-state index < -0.39 is 11.8 Å². The van der Waals surface area contributed by atoms with Crippen LogP contribution >= 0.6 is 11.6 Å². The van der Waals surface area contributed by atoms with Crippen LogP contribution in [0.15, 0.2) is 48.0 Å². The number of rotatable bonds is 5. The van der Waals surface area contributed by atoms with Gasteiger partial charge in [-0.2, -0.15) is 5.26 Å². The van der Waals surface area contributed by atoms with Crippen molar-refractivity contribution in [1.82, 2.24) is 0 Å². The molecule has 0 aliphatic rings. The lowest BCUT2D eigenvalue weighted by atomic mass is 10.1. The second-order valence-electron chi connectivity index (χ2n) is 4.75. The van der Waals surface area contributed by atoms with Crippen LogP contribution in [0.1, 0.15) is 11.1 Å². The Hall–Kier alpha value is -2.84. The van der Waals surface area contributed by atoms with E-state index in [0.717, 1.165) is 6.07 Å². The molecule has 0 radical (unpaired) electrons. The molecule has 0 amide bonds. The molecule has 0 fully saturated rings. The first-order chi connectivity index (χ1) is 11.5. The number of benzene rings is 2. The van der Waals surface area contributed by atoms with Gasteiger partial charge in [-0.15, -0.1) is 0 Å². The topological polar surface area (TPSA) is 59.3 Å². The van der Waals surface area contributed by atoms with Gasteiger partial charge in [0.05, 0.1) is 12.1 Å². The van der Waals surface area contributed by atoms with Gasteiger partial charge >= 0.3 is 5.97 Å². The van der Waals surface area contributed by atoms with Gasteiger partial charge in [-0.05, 0) is 35.9 Å². The van der Waals surface area contributed by atoms with Crippen molar-refractivity contribution in [3.63, 3.8) is 0 Å². The van der Waals surface area contributed by atoms with Gasteiger partial charge in [-0.1, -0.05) is 29.8 Å². The second-order valence-corrected chi connectivity index (χ2v) is 5.16. The minimum atomic E-state index is -0.784. The smallest absolute Gasteiger partial charge is 0.349 e. The number of hydrogen-bond donors (Lipinski definition) is 0. The summed E-state index contributed by atoms with van der Waals surface area (Å²) in [5.74, 6) is -0.597. The zero-order valence-corrected chi connectivity index (χ0v) is 13.5. The van der Waals surface area contributed by atoms with E-state index in [1.54, 1.807) is 37.4 Å². The minimum Gasteiger partial charge on any atom is -0.497 e. The molecule has 0 unspecified atom stereocenters. The van der Waals surface area contributed by atoms with Crippen molar-refractivity contribution in [3.8, 4) is 11.8 Å². The number of nitrogens with zero attached hydrogens (tertiary/aromatic N) is 1. The van der Waals surface area contributed by atoms with Gasteiger partial charge in [0, 0.05) is 5.56 Å². The molecule has 0 N–H and O–H groups in total. The first-order valence-electron chi connectivity index (χ1n) is 6.90. The predicted molar refractivity (Wildman–Crippen MR) is 87.8 cm³/mol. The Morgan fingerprint density at radius 2 is 2.00 bits per heavy atom. The third-order valence-electron chi connectivity index (χ3n) is 3.14. The molecule has 0 spiro atoms. The van der Waals surface area contributed by atoms with Crippen LogP contribution in [-0.4, -0.2) is 13.1 Å². The van der Waals surface area contributed by atoms with E-state index in [4.69, 9.17) is 26.3 Å². The SMILES string of the molecule is COc1ccc(/C=C(\C#N)C(=O)OCc2ccc(F)cc2Cl)cc1. The zero-order valence-electron chi connectivity index (χ0n) is 12.8. The molecule has 0 aromatic heterocycles. The van der Waals surface area contributed by atoms with Crippen LogP contribution in [0.4, 0.5) is 4.39 Å². The molecular weight excluding hydrogens is 333 g/mol. The Bertz CT molecular complexity index is 810. The van der Waals surface area contributed by atoms with Crippen molar-refractivity contribution >= 4 is 23.6 Å². The monoisotopic (exact) mass is 345 g/mol. The van der Waals surface area contributed by atoms with Crippen molar-refractivity contribution in [2.45, 2.75) is 6.61 Å². The van der Waals surface area contributed by atoms with Gasteiger partial charge in [0.1, 0.15) is 29.8 Å². The Kier molecular flexibility index (Phi) is 5.94. The number of halogens is 2. The highest BCUT2D eigenvalue weighted by Crippen LogP contribution is 2.19. The number of esters is 1. The molecule has 2 aromatic carbocycles. The van der Waals surface area contributed by atoms with Crippen molar-refractivity contribution in [3.05, 3.63) is 70.0 Å². The number of carbonyl (C=O) groups is 1. The van der Waals surface area contributed by atoms with Gasteiger partial charge in [0.25, 0.3) is 0 Å². The molecule has 0 heterocycles. The van der Waals surface area contributed by atoms with E-state index in [1.807, 2.05) is 0 Å². The number of hydrogen-bond acceptors (Lipinski definition) is 4. The molecular formula is C18H13ClFNO3. The van der Waals surface area contributed by atoms with Crippen LogP contribution in [0.25, 0.3) is 6.08 Å². The summed E-state index contributed by atoms with van der Waals surface area (Å²) in [5.41, 5.74) is 0.954. The Morgan fingerprint density at radius 3 is 2.58 bits per heavy atom. The molecule has 0 aliphatic heterocycles. The average Bonchev–Trinajstić information content (AvgIpc) is 2.59. The Morgan fingerprint density at radius 1 is 1.29 bits per heavy atom. The Labute approximate surface area is 143 Å². The first-order valence-corrected chi connectivity index (χ1v) is 7.28. The fraction of sp³-hybridized carbons (Fsp3) is 0.111. The van der Waals surface area contributed by atoms with Crippen LogP contribution in [0.2, 0.25) is 5.02 Å². The lowest BCUT2D eigenvalue weighted by Gasteiger charge is -2.06. The van der Waals surface area contributed by atoms with E-state index in [1.165, 1.54) is 18.2 Å². The summed E-state index contributed by atoms with van der Waals surface area (Å²) in [4.78, 5) is 12.0. The standard InChI is InChI=1S/C18H13ClFNO3/c1-23-16-6-2-12(3-7-16)8-14(10-21)18(22)24-11-13-4-5-15(20)9-17(13)19/h2-9H,11H2,1H3/b14-8+. The summed E-state index contributed by atoms with van der Waals surface area (Å²) in [6.45, 7) is -0.153. The average molecular weight is 346 g/mol. The summed E-state index contributed by atoms with van der Waals surface area (Å²) in [6, 6.07) is 12.4. The maximum Gasteiger partial charge on any atom is 0.349 e. The van der Waals surface area contributed by atoms with Gasteiger partial charge in [-0.3, -0.25) is 0 Å². The van der Waals surface area contributed by atoms with E-state index in [-0.39, 0.29) is 17.2 Å². The molecule has 0 aliphatic carbocycles. The molecule has 6 heteroatoms. The fourth-order valence-electron chi connectivity index (χ4n) is 1.86. The molecule has 0 atom stereocenters. The van der Waals surface area contributed by atoms with Crippen LogP contribution in [-0.2, 0) is 16.1 Å². The molecule has 0 saturated carbocycles. The molecule has 0 bridgehead atoms. The highest BCUT2D eigenvalue weighted by Gasteiger charge is 2.12. The van der Waals surface area contributed by atoms with Crippen LogP contribution in [0.3, 0.4) is 0 Å². The highest BCUT2D eigenvalue weighted by atomic mass is 35.5. The molecule has 122 valence electrons. The lowest BCUT2D eigenvalue weighted by molar-refractivity contribution is -0.139. The molecule has 2 aromatic rings. The number of ether oxygens (including phenoxy) is 2. The van der Waals surface area contributed by atoms with Crippen LogP contribution < -0.4 is 4.74 Å². The maximum atomic E-state index is 13.0. The van der Waals surface area contributed by atoms with Crippen molar-refractivity contribution in [1.29, 1.82) is 5.26 Å². The second kappa shape index (κ2) is 8.14. The summed E-state index contributed by atoms with van der Waals surface area (Å²) in [7, 11) is 1.55. The summed E-state index contributed by atoms with van der Waals surface area (Å²) in [6.07, 6.45) is 1.41. The molecule has 24 heavy (non-hydrogen) atoms. The first kappa shape index (κ1) is 17.5. The van der Waals surface area contributed by atoms with E-state index in [9.17, 15) is 9.18 Å². The zero-order chi connectivity index (χ0) is 17.5. The maximum absolute atomic E-state index is 13.0. The third kappa shape index (κ3) is 4.58. The molecule has 0 saturated heterocycles. The predicted octanol–water partition coefficient (Wildman–Crippen LogP) is 4.14. The van der Waals surface area contributed by atoms with Gasteiger partial charge in [0.2, 0.25) is 0 Å².